The highest BCUT2D eigenvalue weighted by atomic mass is 16.5. The number of hydrogen-bond acceptors (Lipinski definition) is 5. The Labute approximate surface area is 159 Å². The van der Waals surface area contributed by atoms with Crippen LogP contribution in [-0.4, -0.2) is 26.2 Å². The van der Waals surface area contributed by atoms with E-state index in [0.717, 1.165) is 17.7 Å². The number of carbonyl (C=O) groups is 1. The fraction of sp³-hybridized carbons (Fsp3) is 0.333. The molecule has 0 bridgehead atoms. The van der Waals surface area contributed by atoms with Crippen LogP contribution in [0.1, 0.15) is 24.5 Å². The number of nitriles is 1. The minimum Gasteiger partial charge on any atom is -0.497 e. The van der Waals surface area contributed by atoms with E-state index in [4.69, 9.17) is 19.5 Å². The summed E-state index contributed by atoms with van der Waals surface area (Å²) in [5, 5.41) is 11.2. The normalized spacial score (nSPS) is 9.96. The minimum absolute atomic E-state index is 0.170. The molecule has 2 aromatic rings. The first-order valence-electron chi connectivity index (χ1n) is 8.81. The van der Waals surface area contributed by atoms with E-state index in [1.54, 1.807) is 19.2 Å². The molecule has 0 saturated carbocycles. The highest BCUT2D eigenvalue weighted by molar-refractivity contribution is 5.78. The average molecular weight is 368 g/mol. The number of methoxy groups -OCH3 is 1. The third-order valence-electron chi connectivity index (χ3n) is 3.93. The minimum atomic E-state index is -0.321. The summed E-state index contributed by atoms with van der Waals surface area (Å²) in [5.41, 5.74) is 2.06. The molecule has 0 aliphatic rings. The van der Waals surface area contributed by atoms with Crippen molar-refractivity contribution in [3.8, 4) is 23.3 Å². The van der Waals surface area contributed by atoms with E-state index in [2.05, 4.69) is 12.2 Å². The SMILES string of the molecule is CCc1ccc(OCCOc2cc(OC)ccc2CNC(=O)CC#N)cc1. The molecule has 6 nitrogen and oxygen atoms in total. The van der Waals surface area contributed by atoms with Crippen molar-refractivity contribution in [2.45, 2.75) is 26.3 Å². The van der Waals surface area contributed by atoms with Gasteiger partial charge in [-0.25, -0.2) is 0 Å². The second-order valence-corrected chi connectivity index (χ2v) is 5.78. The predicted octanol–water partition coefficient (Wildman–Crippen LogP) is 3.25. The number of carbonyl (C=O) groups excluding carboxylic acids is 1. The van der Waals surface area contributed by atoms with Gasteiger partial charge in [-0.3, -0.25) is 4.79 Å². The van der Waals surface area contributed by atoms with Crippen molar-refractivity contribution in [2.75, 3.05) is 20.3 Å². The molecule has 0 fully saturated rings. The molecule has 0 atom stereocenters. The maximum atomic E-state index is 11.5. The highest BCUT2D eigenvalue weighted by Gasteiger charge is 2.08. The summed E-state index contributed by atoms with van der Waals surface area (Å²) in [7, 11) is 1.58. The van der Waals surface area contributed by atoms with Gasteiger partial charge in [0.15, 0.2) is 0 Å². The third-order valence-corrected chi connectivity index (χ3v) is 3.93. The van der Waals surface area contributed by atoms with Crippen LogP contribution in [0.2, 0.25) is 0 Å². The fourth-order valence-corrected chi connectivity index (χ4v) is 2.40. The molecule has 0 radical (unpaired) electrons. The van der Waals surface area contributed by atoms with E-state index in [9.17, 15) is 4.79 Å². The van der Waals surface area contributed by atoms with Gasteiger partial charge in [0.25, 0.3) is 0 Å². The lowest BCUT2D eigenvalue weighted by atomic mass is 10.2. The van der Waals surface area contributed by atoms with Crippen LogP contribution >= 0.6 is 0 Å². The van der Waals surface area contributed by atoms with E-state index in [1.807, 2.05) is 36.4 Å². The van der Waals surface area contributed by atoms with Crippen molar-refractivity contribution in [3.05, 3.63) is 53.6 Å². The van der Waals surface area contributed by atoms with Gasteiger partial charge in [0.05, 0.1) is 13.2 Å². The lowest BCUT2D eigenvalue weighted by Crippen LogP contribution is -2.22. The molecule has 27 heavy (non-hydrogen) atoms. The van der Waals surface area contributed by atoms with E-state index in [0.29, 0.717) is 24.7 Å². The van der Waals surface area contributed by atoms with Crippen LogP contribution in [0.25, 0.3) is 0 Å². The number of aryl methyl sites for hydroxylation is 1. The number of hydrogen-bond donors (Lipinski definition) is 1. The van der Waals surface area contributed by atoms with Crippen LogP contribution in [0.3, 0.4) is 0 Å². The first-order chi connectivity index (χ1) is 13.2. The zero-order valence-electron chi connectivity index (χ0n) is 15.7. The smallest absolute Gasteiger partial charge is 0.234 e. The monoisotopic (exact) mass is 368 g/mol. The lowest BCUT2D eigenvalue weighted by molar-refractivity contribution is -0.120. The maximum Gasteiger partial charge on any atom is 0.234 e. The van der Waals surface area contributed by atoms with E-state index >= 15 is 0 Å². The van der Waals surface area contributed by atoms with Gasteiger partial charge in [0.2, 0.25) is 5.91 Å². The van der Waals surface area contributed by atoms with Gasteiger partial charge < -0.3 is 19.5 Å². The number of ether oxygens (including phenoxy) is 3. The van der Waals surface area contributed by atoms with Gasteiger partial charge in [-0.15, -0.1) is 0 Å². The molecule has 0 spiro atoms. The molecule has 0 unspecified atom stereocenters. The first-order valence-corrected chi connectivity index (χ1v) is 8.81. The van der Waals surface area contributed by atoms with Crippen molar-refractivity contribution >= 4 is 5.91 Å². The molecular formula is C21H24N2O4. The van der Waals surface area contributed by atoms with Crippen LogP contribution < -0.4 is 19.5 Å². The first kappa shape index (κ1) is 20.1. The van der Waals surface area contributed by atoms with Gasteiger partial charge in [-0.05, 0) is 36.2 Å². The van der Waals surface area contributed by atoms with E-state index in [-0.39, 0.29) is 18.9 Å². The van der Waals surface area contributed by atoms with Gasteiger partial charge in [0.1, 0.15) is 36.9 Å². The van der Waals surface area contributed by atoms with Gasteiger partial charge in [-0.1, -0.05) is 19.1 Å². The van der Waals surface area contributed by atoms with Gasteiger partial charge >= 0.3 is 0 Å². The van der Waals surface area contributed by atoms with Gasteiger partial charge in [-0.2, -0.15) is 5.26 Å². The average Bonchev–Trinajstić information content (AvgIpc) is 2.70. The standard InChI is InChI=1S/C21H24N2O4/c1-3-16-4-7-18(8-5-16)26-12-13-27-20-14-19(25-2)9-6-17(20)15-23-21(24)10-11-22/h4-9,14H,3,10,12-13,15H2,1-2H3,(H,23,24). The Kier molecular flexibility index (Phi) is 7.98. The quantitative estimate of drug-likeness (QED) is 0.651. The molecule has 0 aromatic heterocycles. The Morgan fingerprint density at radius 3 is 2.44 bits per heavy atom. The topological polar surface area (TPSA) is 80.6 Å². The number of nitrogens with zero attached hydrogens (tertiary/aromatic N) is 1. The molecular weight excluding hydrogens is 344 g/mol. The number of nitrogens with one attached hydrogen (secondary N) is 1. The Bertz CT molecular complexity index is 782. The van der Waals surface area contributed by atoms with Crippen LogP contribution in [0.5, 0.6) is 17.2 Å². The van der Waals surface area contributed by atoms with Crippen LogP contribution in [0.4, 0.5) is 0 Å². The second kappa shape index (κ2) is 10.7. The molecule has 142 valence electrons. The van der Waals surface area contributed by atoms with E-state index in [1.165, 1.54) is 5.56 Å². The number of benzene rings is 2. The lowest BCUT2D eigenvalue weighted by Gasteiger charge is -2.14. The Morgan fingerprint density at radius 1 is 1.07 bits per heavy atom. The molecule has 2 rings (SSSR count). The molecule has 1 N–H and O–H groups in total. The summed E-state index contributed by atoms with van der Waals surface area (Å²) < 4.78 is 16.7. The summed E-state index contributed by atoms with van der Waals surface area (Å²) >= 11 is 0. The third kappa shape index (κ3) is 6.55. The Balaban J connectivity index is 1.90. The molecule has 0 aliphatic heterocycles. The van der Waals surface area contributed by atoms with Gasteiger partial charge in [0, 0.05) is 18.2 Å². The summed E-state index contributed by atoms with van der Waals surface area (Å²) in [6, 6.07) is 15.2. The zero-order valence-corrected chi connectivity index (χ0v) is 15.7. The van der Waals surface area contributed by atoms with Crippen LogP contribution in [0.15, 0.2) is 42.5 Å². The molecule has 6 heteroatoms. The highest BCUT2D eigenvalue weighted by Crippen LogP contribution is 2.25. The number of rotatable bonds is 10. The number of amides is 1. The zero-order chi connectivity index (χ0) is 19.5. The van der Waals surface area contributed by atoms with Crippen molar-refractivity contribution in [1.82, 2.24) is 5.32 Å². The Hall–Kier alpha value is -3.20. The van der Waals surface area contributed by atoms with Crippen molar-refractivity contribution in [1.29, 1.82) is 5.26 Å². The van der Waals surface area contributed by atoms with Crippen molar-refractivity contribution in [3.63, 3.8) is 0 Å². The molecule has 0 saturated heterocycles. The molecule has 1 amide bonds. The summed E-state index contributed by atoms with van der Waals surface area (Å²) in [4.78, 5) is 11.5. The van der Waals surface area contributed by atoms with E-state index < -0.39 is 0 Å². The summed E-state index contributed by atoms with van der Waals surface area (Å²) in [5.74, 6) is 1.74. The predicted molar refractivity (Wildman–Crippen MR) is 102 cm³/mol. The molecule has 0 heterocycles. The Morgan fingerprint density at radius 2 is 1.78 bits per heavy atom. The van der Waals surface area contributed by atoms with Crippen molar-refractivity contribution < 1.29 is 19.0 Å². The summed E-state index contributed by atoms with van der Waals surface area (Å²) in [6.07, 6.45) is 0.823. The maximum absolute atomic E-state index is 11.5. The largest absolute Gasteiger partial charge is 0.497 e. The van der Waals surface area contributed by atoms with Crippen LogP contribution in [-0.2, 0) is 17.8 Å². The van der Waals surface area contributed by atoms with Crippen molar-refractivity contribution in [2.24, 2.45) is 0 Å². The molecule has 0 aliphatic carbocycles. The second-order valence-electron chi connectivity index (χ2n) is 5.78. The van der Waals surface area contributed by atoms with Crippen LogP contribution in [0, 0.1) is 11.3 Å². The summed E-state index contributed by atoms with van der Waals surface area (Å²) in [6.45, 7) is 3.13. The molecule has 2 aromatic carbocycles. The fourth-order valence-electron chi connectivity index (χ4n) is 2.40.